The molecule has 1 amide bonds. The van der Waals surface area contributed by atoms with Crippen molar-refractivity contribution < 1.29 is 14.0 Å². The predicted molar refractivity (Wildman–Crippen MR) is 112 cm³/mol. The Balaban J connectivity index is 1.84. The molecular weight excluding hydrogens is 413 g/mol. The van der Waals surface area contributed by atoms with Gasteiger partial charge in [0.2, 0.25) is 5.78 Å². The van der Waals surface area contributed by atoms with Crippen molar-refractivity contribution in [2.24, 2.45) is 0 Å². The fourth-order valence-electron chi connectivity index (χ4n) is 3.82. The molecule has 2 aromatic rings. The van der Waals surface area contributed by atoms with Crippen molar-refractivity contribution in [2.75, 3.05) is 5.32 Å². The van der Waals surface area contributed by atoms with Crippen molar-refractivity contribution in [1.29, 1.82) is 5.26 Å². The van der Waals surface area contributed by atoms with E-state index >= 15 is 0 Å². The van der Waals surface area contributed by atoms with Gasteiger partial charge in [0.1, 0.15) is 16.9 Å². The highest BCUT2D eigenvalue weighted by Gasteiger charge is 2.40. The molecule has 0 fully saturated rings. The van der Waals surface area contributed by atoms with Crippen LogP contribution < -0.4 is 10.6 Å². The van der Waals surface area contributed by atoms with Gasteiger partial charge in [-0.3, -0.25) is 9.59 Å². The average molecular weight is 434 g/mol. The van der Waals surface area contributed by atoms with Crippen LogP contribution in [0.25, 0.3) is 0 Å². The molecule has 1 aliphatic rings. The molecule has 1 aliphatic heterocycles. The number of ketones is 1. The highest BCUT2D eigenvalue weighted by atomic mass is 35.5. The van der Waals surface area contributed by atoms with Crippen LogP contribution in [-0.4, -0.2) is 17.2 Å². The topological polar surface area (TPSA) is 82.0 Å². The fourth-order valence-corrected chi connectivity index (χ4v) is 5.16. The zero-order valence-corrected chi connectivity index (χ0v) is 18.1. The van der Waals surface area contributed by atoms with Gasteiger partial charge in [-0.05, 0) is 57.4 Å². The molecule has 0 unspecified atom stereocenters. The maximum atomic E-state index is 13.6. The van der Waals surface area contributed by atoms with E-state index < -0.39 is 17.5 Å². The second kappa shape index (κ2) is 7.52. The maximum absolute atomic E-state index is 13.6. The van der Waals surface area contributed by atoms with Crippen LogP contribution in [0.5, 0.6) is 0 Å². The minimum atomic E-state index is -0.833. The minimum Gasteiger partial charge on any atom is -0.310 e. The van der Waals surface area contributed by atoms with Gasteiger partial charge < -0.3 is 10.6 Å². The van der Waals surface area contributed by atoms with Crippen LogP contribution in [0.3, 0.4) is 0 Å². The van der Waals surface area contributed by atoms with Gasteiger partial charge in [-0.15, -0.1) is 11.3 Å². The van der Waals surface area contributed by atoms with Crippen LogP contribution >= 0.6 is 22.9 Å². The summed E-state index contributed by atoms with van der Waals surface area (Å²) >= 11 is 6.94. The molecule has 0 radical (unpaired) electrons. The van der Waals surface area contributed by atoms with Crippen LogP contribution in [0.4, 0.5) is 9.39 Å². The van der Waals surface area contributed by atoms with E-state index in [9.17, 15) is 19.2 Å². The van der Waals surface area contributed by atoms with E-state index in [4.69, 9.17) is 11.6 Å². The first-order valence-electron chi connectivity index (χ1n) is 9.07. The van der Waals surface area contributed by atoms with E-state index in [1.165, 1.54) is 23.5 Å². The lowest BCUT2D eigenvalue weighted by Crippen LogP contribution is -2.54. The van der Waals surface area contributed by atoms with E-state index in [0.717, 1.165) is 16.5 Å². The largest absolute Gasteiger partial charge is 0.310 e. The molecule has 5 nitrogen and oxygen atoms in total. The molecule has 152 valence electrons. The number of benzene rings is 1. The molecule has 1 aromatic carbocycles. The number of nitrogens with zero attached hydrogens (tertiary/aromatic N) is 1. The zero-order valence-electron chi connectivity index (χ0n) is 16.6. The van der Waals surface area contributed by atoms with E-state index in [1.807, 2.05) is 13.8 Å². The van der Waals surface area contributed by atoms with Gasteiger partial charge >= 0.3 is 0 Å². The molecule has 0 saturated heterocycles. The number of fused-ring (bicyclic) bond motifs is 1. The summed E-state index contributed by atoms with van der Waals surface area (Å²) in [5.41, 5.74) is 1.06. The monoisotopic (exact) mass is 433 g/mol. The third-order valence-electron chi connectivity index (χ3n) is 4.79. The van der Waals surface area contributed by atoms with Crippen molar-refractivity contribution in [3.63, 3.8) is 0 Å². The number of nitrogens with one attached hydrogen (secondary N) is 2. The zero-order chi connectivity index (χ0) is 21.6. The summed E-state index contributed by atoms with van der Waals surface area (Å²) in [6, 6.07) is 6.15. The van der Waals surface area contributed by atoms with E-state index in [-0.39, 0.29) is 22.5 Å². The Morgan fingerprint density at radius 3 is 2.66 bits per heavy atom. The molecule has 0 atom stereocenters. The molecule has 0 aliphatic carbocycles. The molecule has 0 spiro atoms. The highest BCUT2D eigenvalue weighted by molar-refractivity contribution is 7.17. The quantitative estimate of drug-likeness (QED) is 0.703. The lowest BCUT2D eigenvalue weighted by Gasteiger charge is -2.42. The van der Waals surface area contributed by atoms with Gasteiger partial charge in [0.05, 0.1) is 10.6 Å². The lowest BCUT2D eigenvalue weighted by atomic mass is 9.81. The van der Waals surface area contributed by atoms with Crippen LogP contribution in [0.1, 0.15) is 49.3 Å². The molecule has 0 saturated carbocycles. The molecule has 1 aromatic heterocycles. The van der Waals surface area contributed by atoms with Crippen molar-refractivity contribution in [1.82, 2.24) is 5.32 Å². The summed E-state index contributed by atoms with van der Waals surface area (Å²) in [6.45, 7) is 8.17. The maximum Gasteiger partial charge on any atom is 0.292 e. The second-order valence-electron chi connectivity index (χ2n) is 8.34. The van der Waals surface area contributed by atoms with Crippen LogP contribution in [0, 0.1) is 17.1 Å². The summed E-state index contributed by atoms with van der Waals surface area (Å²) in [4.78, 5) is 25.7. The SMILES string of the molecule is CC1(C)Cc2c(sc(NC(=O)C(=O)Cc3ccc(Cl)c(F)c3)c2C#N)C(C)(C)N1. The number of hydrogen-bond donors (Lipinski definition) is 2. The third-order valence-corrected chi connectivity index (χ3v) is 6.56. The van der Waals surface area contributed by atoms with Gasteiger partial charge in [-0.2, -0.15) is 5.26 Å². The van der Waals surface area contributed by atoms with E-state index in [2.05, 4.69) is 30.6 Å². The van der Waals surface area contributed by atoms with Crippen LogP contribution in [-0.2, 0) is 28.0 Å². The average Bonchev–Trinajstić information content (AvgIpc) is 2.94. The first kappa shape index (κ1) is 21.4. The normalized spacial score (nSPS) is 16.6. The Hall–Kier alpha value is -2.27. The van der Waals surface area contributed by atoms with Gasteiger partial charge in [-0.25, -0.2) is 4.39 Å². The first-order valence-corrected chi connectivity index (χ1v) is 10.3. The number of carbonyl (C=O) groups is 2. The Morgan fingerprint density at radius 1 is 1.34 bits per heavy atom. The number of thiophene rings is 1. The standard InChI is InChI=1S/C21H21ClFN3O2S/c1-20(2)9-12-13(10-24)19(29-17(12)21(3,4)26-20)25-18(28)16(27)8-11-5-6-14(22)15(23)7-11/h5-7,26H,8-9H2,1-4H3,(H,25,28). The summed E-state index contributed by atoms with van der Waals surface area (Å²) in [7, 11) is 0. The summed E-state index contributed by atoms with van der Waals surface area (Å²) in [5.74, 6) is -2.20. The summed E-state index contributed by atoms with van der Waals surface area (Å²) in [5, 5.41) is 16.1. The van der Waals surface area contributed by atoms with Gasteiger partial charge in [0.15, 0.2) is 0 Å². The fraction of sp³-hybridized carbons (Fsp3) is 0.381. The lowest BCUT2D eigenvalue weighted by molar-refractivity contribution is -0.134. The molecule has 2 N–H and O–H groups in total. The number of anilines is 1. The Morgan fingerprint density at radius 2 is 2.03 bits per heavy atom. The number of hydrogen-bond acceptors (Lipinski definition) is 5. The van der Waals surface area contributed by atoms with Crippen LogP contribution in [0.2, 0.25) is 5.02 Å². The summed E-state index contributed by atoms with van der Waals surface area (Å²) in [6.07, 6.45) is 0.381. The highest BCUT2D eigenvalue weighted by Crippen LogP contribution is 2.44. The van der Waals surface area contributed by atoms with E-state index in [0.29, 0.717) is 22.5 Å². The number of nitriles is 1. The van der Waals surface area contributed by atoms with E-state index in [1.54, 1.807) is 0 Å². The third kappa shape index (κ3) is 4.35. The Bertz CT molecular complexity index is 1050. The number of carbonyl (C=O) groups excluding carboxylic acids is 2. The molecule has 29 heavy (non-hydrogen) atoms. The Kier molecular flexibility index (Phi) is 5.56. The number of halogens is 2. The van der Waals surface area contributed by atoms with Crippen molar-refractivity contribution in [2.45, 2.75) is 51.6 Å². The number of amides is 1. The Labute approximate surface area is 177 Å². The molecular formula is C21H21ClFN3O2S. The van der Waals surface area contributed by atoms with Crippen LogP contribution in [0.15, 0.2) is 18.2 Å². The van der Waals surface area contributed by atoms with Gasteiger partial charge in [-0.1, -0.05) is 17.7 Å². The smallest absolute Gasteiger partial charge is 0.292 e. The second-order valence-corrected chi connectivity index (χ2v) is 9.77. The van der Waals surface area contributed by atoms with Gasteiger partial charge in [0.25, 0.3) is 5.91 Å². The number of Topliss-reactive ketones (excluding diaryl/α,β-unsaturated/α-hetero) is 1. The molecule has 8 heteroatoms. The first-order chi connectivity index (χ1) is 13.4. The molecule has 2 heterocycles. The van der Waals surface area contributed by atoms with Crippen molar-refractivity contribution >= 4 is 39.6 Å². The predicted octanol–water partition coefficient (Wildman–Crippen LogP) is 4.32. The minimum absolute atomic E-state index is 0.0485. The summed E-state index contributed by atoms with van der Waals surface area (Å²) < 4.78 is 13.6. The molecule has 0 bridgehead atoms. The van der Waals surface area contributed by atoms with Crippen molar-refractivity contribution in [3.8, 4) is 6.07 Å². The molecule has 3 rings (SSSR count). The van der Waals surface area contributed by atoms with Crippen molar-refractivity contribution in [3.05, 3.63) is 50.6 Å². The number of rotatable bonds is 4. The van der Waals surface area contributed by atoms with Gasteiger partial charge in [0, 0.05) is 22.4 Å².